The van der Waals surface area contributed by atoms with Gasteiger partial charge in [0.1, 0.15) is 11.5 Å². The average Bonchev–Trinajstić information content (AvgIpc) is 2.78. The molecular formula is C22H26N2O5. The lowest BCUT2D eigenvalue weighted by atomic mass is 10.1. The molecule has 3 rings (SSSR count). The second kappa shape index (κ2) is 9.93. The number of amides is 1. The number of rotatable bonds is 8. The maximum atomic E-state index is 12.4. The number of hydrogen-bond donors (Lipinski definition) is 1. The largest absolute Gasteiger partial charge is 0.497 e. The zero-order chi connectivity index (χ0) is 20.6. The zero-order valence-electron chi connectivity index (χ0n) is 16.8. The van der Waals surface area contributed by atoms with Crippen LogP contribution in [0.4, 0.5) is 11.4 Å². The van der Waals surface area contributed by atoms with Crippen LogP contribution < -0.4 is 19.7 Å². The third-order valence-electron chi connectivity index (χ3n) is 4.82. The van der Waals surface area contributed by atoms with Crippen molar-refractivity contribution in [3.05, 3.63) is 48.0 Å². The summed E-state index contributed by atoms with van der Waals surface area (Å²) >= 11 is 0. The predicted molar refractivity (Wildman–Crippen MR) is 111 cm³/mol. The molecule has 0 aliphatic carbocycles. The summed E-state index contributed by atoms with van der Waals surface area (Å²) < 4.78 is 15.8. The Morgan fingerprint density at radius 3 is 2.38 bits per heavy atom. The standard InChI is InChI=1S/C22H26N2O5/c1-27-18-6-3-16(4-7-18)20(25)8-10-22(26)23-19-15-17(5-9-21(19)28-2)24-11-13-29-14-12-24/h3-7,9,15H,8,10-14H2,1-2H3,(H,23,26). The molecule has 1 saturated heterocycles. The highest BCUT2D eigenvalue weighted by atomic mass is 16.5. The molecule has 0 radical (unpaired) electrons. The maximum Gasteiger partial charge on any atom is 0.224 e. The average molecular weight is 398 g/mol. The van der Waals surface area contributed by atoms with Gasteiger partial charge in [0.2, 0.25) is 5.91 Å². The van der Waals surface area contributed by atoms with Gasteiger partial charge in [-0.3, -0.25) is 9.59 Å². The lowest BCUT2D eigenvalue weighted by Crippen LogP contribution is -2.36. The first-order valence-corrected chi connectivity index (χ1v) is 9.58. The molecule has 7 nitrogen and oxygen atoms in total. The van der Waals surface area contributed by atoms with E-state index in [0.29, 0.717) is 36.0 Å². The zero-order valence-corrected chi connectivity index (χ0v) is 16.8. The number of carbonyl (C=O) groups is 2. The smallest absolute Gasteiger partial charge is 0.224 e. The van der Waals surface area contributed by atoms with E-state index in [9.17, 15) is 9.59 Å². The minimum atomic E-state index is -0.232. The van der Waals surface area contributed by atoms with Crippen LogP contribution in [0.5, 0.6) is 11.5 Å². The molecule has 154 valence electrons. The first-order valence-electron chi connectivity index (χ1n) is 9.58. The lowest BCUT2D eigenvalue weighted by molar-refractivity contribution is -0.116. The summed E-state index contributed by atoms with van der Waals surface area (Å²) in [6, 6.07) is 12.6. The Morgan fingerprint density at radius 2 is 1.72 bits per heavy atom. The topological polar surface area (TPSA) is 77.1 Å². The summed E-state index contributed by atoms with van der Waals surface area (Å²) in [5.74, 6) is 0.949. The molecule has 0 spiro atoms. The van der Waals surface area contributed by atoms with Crippen molar-refractivity contribution in [2.24, 2.45) is 0 Å². The van der Waals surface area contributed by atoms with E-state index in [-0.39, 0.29) is 24.5 Å². The molecule has 0 bridgehead atoms. The van der Waals surface area contributed by atoms with Gasteiger partial charge >= 0.3 is 0 Å². The lowest BCUT2D eigenvalue weighted by Gasteiger charge is -2.29. The van der Waals surface area contributed by atoms with E-state index in [2.05, 4.69) is 10.2 Å². The van der Waals surface area contributed by atoms with Gasteiger partial charge in [-0.2, -0.15) is 0 Å². The van der Waals surface area contributed by atoms with Crippen LogP contribution in [0.2, 0.25) is 0 Å². The van der Waals surface area contributed by atoms with Crippen molar-refractivity contribution in [1.82, 2.24) is 0 Å². The van der Waals surface area contributed by atoms with E-state index in [1.165, 1.54) is 0 Å². The summed E-state index contributed by atoms with van der Waals surface area (Å²) in [6.07, 6.45) is 0.222. The summed E-state index contributed by atoms with van der Waals surface area (Å²) in [7, 11) is 3.14. The van der Waals surface area contributed by atoms with Gasteiger partial charge in [-0.25, -0.2) is 0 Å². The molecule has 7 heteroatoms. The van der Waals surface area contributed by atoms with Gasteiger partial charge < -0.3 is 24.4 Å². The van der Waals surface area contributed by atoms with Crippen molar-refractivity contribution in [2.75, 3.05) is 50.7 Å². The van der Waals surface area contributed by atoms with Gasteiger partial charge in [0.15, 0.2) is 5.78 Å². The molecule has 0 atom stereocenters. The van der Waals surface area contributed by atoms with Crippen molar-refractivity contribution in [3.8, 4) is 11.5 Å². The molecule has 1 fully saturated rings. The molecule has 0 unspecified atom stereocenters. The SMILES string of the molecule is COc1ccc(C(=O)CCC(=O)Nc2cc(N3CCOCC3)ccc2OC)cc1. The molecule has 1 amide bonds. The number of morpholine rings is 1. The highest BCUT2D eigenvalue weighted by Crippen LogP contribution is 2.30. The van der Waals surface area contributed by atoms with Crippen LogP contribution in [0.15, 0.2) is 42.5 Å². The number of carbonyl (C=O) groups excluding carboxylic acids is 2. The Balaban J connectivity index is 1.60. The second-order valence-corrected chi connectivity index (χ2v) is 6.68. The fourth-order valence-corrected chi connectivity index (χ4v) is 3.17. The van der Waals surface area contributed by atoms with Crippen LogP contribution in [0.1, 0.15) is 23.2 Å². The van der Waals surface area contributed by atoms with Crippen LogP contribution in [0.25, 0.3) is 0 Å². The van der Waals surface area contributed by atoms with E-state index >= 15 is 0 Å². The molecular weight excluding hydrogens is 372 g/mol. The number of anilines is 2. The first-order chi connectivity index (χ1) is 14.1. The molecule has 0 saturated carbocycles. The molecule has 1 N–H and O–H groups in total. The Morgan fingerprint density at radius 1 is 1.00 bits per heavy atom. The molecule has 0 aromatic heterocycles. The molecule has 2 aromatic rings. The van der Waals surface area contributed by atoms with Crippen molar-refractivity contribution in [2.45, 2.75) is 12.8 Å². The Kier molecular flexibility index (Phi) is 7.08. The number of ether oxygens (including phenoxy) is 3. The predicted octanol–water partition coefficient (Wildman–Crippen LogP) is 3.14. The van der Waals surface area contributed by atoms with Crippen molar-refractivity contribution < 1.29 is 23.8 Å². The van der Waals surface area contributed by atoms with E-state index < -0.39 is 0 Å². The number of hydrogen-bond acceptors (Lipinski definition) is 6. The number of methoxy groups -OCH3 is 2. The van der Waals surface area contributed by atoms with E-state index in [1.54, 1.807) is 38.5 Å². The number of nitrogens with zero attached hydrogens (tertiary/aromatic N) is 1. The van der Waals surface area contributed by atoms with Crippen LogP contribution in [-0.4, -0.2) is 52.2 Å². The summed E-state index contributed by atoms with van der Waals surface area (Å²) in [6.45, 7) is 2.97. The van der Waals surface area contributed by atoms with Crippen LogP contribution in [-0.2, 0) is 9.53 Å². The minimum absolute atomic E-state index is 0.0863. The third-order valence-corrected chi connectivity index (χ3v) is 4.82. The molecule has 29 heavy (non-hydrogen) atoms. The van der Waals surface area contributed by atoms with Crippen LogP contribution in [0.3, 0.4) is 0 Å². The highest BCUT2D eigenvalue weighted by molar-refractivity contribution is 6.00. The second-order valence-electron chi connectivity index (χ2n) is 6.68. The fraction of sp³-hybridized carbons (Fsp3) is 0.364. The Bertz CT molecular complexity index is 845. The minimum Gasteiger partial charge on any atom is -0.497 e. The quantitative estimate of drug-likeness (QED) is 0.689. The Hall–Kier alpha value is -3.06. The van der Waals surface area contributed by atoms with Gasteiger partial charge in [-0.1, -0.05) is 0 Å². The van der Waals surface area contributed by atoms with E-state index in [1.807, 2.05) is 18.2 Å². The molecule has 1 aliphatic heterocycles. The van der Waals surface area contributed by atoms with Gasteiger partial charge in [-0.05, 0) is 42.5 Å². The molecule has 1 heterocycles. The Labute approximate surface area is 170 Å². The van der Waals surface area contributed by atoms with Gasteiger partial charge in [-0.15, -0.1) is 0 Å². The summed E-state index contributed by atoms with van der Waals surface area (Å²) in [5, 5.41) is 2.87. The van der Waals surface area contributed by atoms with Crippen molar-refractivity contribution in [1.29, 1.82) is 0 Å². The van der Waals surface area contributed by atoms with Gasteiger partial charge in [0, 0.05) is 37.2 Å². The van der Waals surface area contributed by atoms with E-state index in [4.69, 9.17) is 14.2 Å². The summed E-state index contributed by atoms with van der Waals surface area (Å²) in [4.78, 5) is 27.0. The number of Topliss-reactive ketones (excluding diaryl/α,β-unsaturated/α-hetero) is 1. The normalized spacial score (nSPS) is 13.7. The van der Waals surface area contributed by atoms with Gasteiger partial charge in [0.25, 0.3) is 0 Å². The molecule has 1 aliphatic rings. The first kappa shape index (κ1) is 20.7. The highest BCUT2D eigenvalue weighted by Gasteiger charge is 2.16. The van der Waals surface area contributed by atoms with Crippen LogP contribution >= 0.6 is 0 Å². The van der Waals surface area contributed by atoms with Crippen LogP contribution in [0, 0.1) is 0 Å². The summed E-state index contributed by atoms with van der Waals surface area (Å²) in [5.41, 5.74) is 2.16. The fourth-order valence-electron chi connectivity index (χ4n) is 3.17. The third kappa shape index (κ3) is 5.48. The van der Waals surface area contributed by atoms with Crippen molar-refractivity contribution >= 4 is 23.1 Å². The maximum absolute atomic E-state index is 12.4. The molecule has 2 aromatic carbocycles. The number of benzene rings is 2. The van der Waals surface area contributed by atoms with E-state index in [0.717, 1.165) is 18.8 Å². The van der Waals surface area contributed by atoms with Gasteiger partial charge in [0.05, 0.1) is 33.1 Å². The number of ketones is 1. The number of nitrogens with one attached hydrogen (secondary N) is 1. The monoisotopic (exact) mass is 398 g/mol. The van der Waals surface area contributed by atoms with Crippen molar-refractivity contribution in [3.63, 3.8) is 0 Å².